The lowest BCUT2D eigenvalue weighted by Gasteiger charge is -2.32. The molecule has 8 aliphatic heterocycles. The van der Waals surface area contributed by atoms with Gasteiger partial charge < -0.3 is 60.1 Å². The molecule has 6 fully saturated rings. The molecule has 126 heavy (non-hydrogen) atoms. The lowest BCUT2D eigenvalue weighted by atomic mass is 10.0. The number of alkyl halides is 4. The summed E-state index contributed by atoms with van der Waals surface area (Å²) in [6, 6.07) is 9.01. The van der Waals surface area contributed by atoms with E-state index in [2.05, 4.69) is 46.9 Å². The first-order valence-electron chi connectivity index (χ1n) is 41.4. The van der Waals surface area contributed by atoms with E-state index in [9.17, 15) is 67.1 Å². The number of benzene rings is 4. The third-order valence-corrected chi connectivity index (χ3v) is 26.9. The van der Waals surface area contributed by atoms with Crippen LogP contribution in [0.15, 0.2) is 82.8 Å². The van der Waals surface area contributed by atoms with Crippen LogP contribution in [0.25, 0.3) is 0 Å². The molecule has 42 heteroatoms. The highest BCUT2D eigenvalue weighted by Gasteiger charge is 2.54. The van der Waals surface area contributed by atoms with Crippen molar-refractivity contribution in [2.45, 2.75) is 167 Å². The van der Waals surface area contributed by atoms with Crippen molar-refractivity contribution in [3.05, 3.63) is 118 Å². The average molecular weight is 1780 g/mol. The van der Waals surface area contributed by atoms with Gasteiger partial charge in [-0.1, -0.05) is 25.0 Å². The topological polar surface area (TPSA) is 407 Å². The Hall–Kier alpha value is -12.5. The third-order valence-electron chi connectivity index (χ3n) is 24.7. The van der Waals surface area contributed by atoms with Gasteiger partial charge >= 0.3 is 11.8 Å². The molecule has 4 saturated heterocycles. The molecule has 34 nitrogen and oxygen atoms in total. The van der Waals surface area contributed by atoms with Crippen LogP contribution in [-0.2, 0) is 38.4 Å². The highest BCUT2D eigenvalue weighted by Crippen LogP contribution is 2.47. The Kier molecular flexibility index (Phi) is 24.5. The molecular formula is C84H86F6N18O16S2. The average Bonchev–Trinajstić information content (AvgIpc) is 1.60. The number of aromatic nitrogens is 4. The van der Waals surface area contributed by atoms with E-state index in [4.69, 9.17) is 14.5 Å². The number of carbonyl (C=O) groups excluding carboxylic acids is 14. The van der Waals surface area contributed by atoms with Crippen LogP contribution in [0.3, 0.4) is 0 Å². The molecule has 6 N–H and O–H groups in total. The Balaban J connectivity index is 0.542. The van der Waals surface area contributed by atoms with Gasteiger partial charge in [0.05, 0.1) is 90.2 Å². The number of likely N-dealkylation sites (tertiary alicyclic amines) is 2. The molecule has 662 valence electrons. The molecule has 16 rings (SSSR count). The minimum atomic E-state index is -4.03. The lowest BCUT2D eigenvalue weighted by Crippen LogP contribution is -2.54. The summed E-state index contributed by atoms with van der Waals surface area (Å²) in [6.07, 6.45) is 6.66. The number of amides is 14. The molecule has 6 aromatic rings. The van der Waals surface area contributed by atoms with Crippen molar-refractivity contribution in [1.82, 2.24) is 60.8 Å². The second-order valence-electron chi connectivity index (χ2n) is 32.6. The number of imide groups is 4. The first-order chi connectivity index (χ1) is 60.3. The van der Waals surface area contributed by atoms with Crippen LogP contribution in [0, 0.1) is 17.6 Å². The number of methoxy groups -OCH3 is 2. The highest BCUT2D eigenvalue weighted by molar-refractivity contribution is 8.00. The fourth-order valence-corrected chi connectivity index (χ4v) is 20.1. The number of anilines is 8. The zero-order valence-electron chi connectivity index (χ0n) is 68.3. The number of rotatable bonds is 24. The van der Waals surface area contributed by atoms with Crippen LogP contribution in [0.4, 0.5) is 72.6 Å². The molecule has 4 aromatic carbocycles. The predicted octanol–water partition coefficient (Wildman–Crippen LogP) is 7.68. The standard InChI is InChI=1S/C84H86F6N18O16S2/c1-101-57-36-91-81(95-53-34-51(85)50(32-59(53)123-2)72(114)94-44-24-28-103(29-25-44)66(112)39-126-62-14-7-12-48-68(62)78(120)108(76(48)118)56-19-21-64(110)98-74(56)116)99-69(57)106(40-83(87,88)79(101)121)46-17-16-42(31-46)38-104-58-37-92-82(100-70(58)105(45-9-4-5-10-45)41-84(89,90)80(104)122)96-54-35-52(86)49(33-60(54)124-3)71(113)93-43-22-26-102(27-23-43)65(111)15-8-30-125-61-13-6-11-47-67(61)77(119)107(75(47)117)55-18-20-63(109)97-73(55)115/h6-7,11-14,32-37,42-46,55-56H,4-5,8-10,15-31,38-41H2,1-3H3,(H,93,113)(H,94,114)(H,91,95,99)(H,92,96,100)(H,97,109,115)(H,98,110,116). The van der Waals surface area contributed by atoms with Crippen LogP contribution < -0.4 is 61.0 Å². The molecule has 0 spiro atoms. The summed E-state index contributed by atoms with van der Waals surface area (Å²) in [5.74, 6) is -21.6. The molecule has 4 atom stereocenters. The van der Waals surface area contributed by atoms with Crippen LogP contribution in [0.1, 0.15) is 171 Å². The normalized spacial score (nSPS) is 21.6. The lowest BCUT2D eigenvalue weighted by molar-refractivity contribution is -0.141. The van der Waals surface area contributed by atoms with E-state index in [0.29, 0.717) is 65.4 Å². The van der Waals surface area contributed by atoms with Gasteiger partial charge in [-0.2, -0.15) is 27.5 Å². The quantitative estimate of drug-likeness (QED) is 0.0146. The number of hydrogen-bond acceptors (Lipinski definition) is 26. The number of halogens is 6. The number of nitrogens with zero attached hydrogens (tertiary/aromatic N) is 12. The van der Waals surface area contributed by atoms with Gasteiger partial charge in [-0.15, -0.1) is 23.5 Å². The van der Waals surface area contributed by atoms with E-state index < -0.39 is 155 Å². The Labute approximate surface area is 724 Å². The molecular weight excluding hydrogens is 1700 g/mol. The van der Waals surface area contributed by atoms with Crippen molar-refractivity contribution in [3.63, 3.8) is 0 Å². The molecule has 14 amide bonds. The van der Waals surface area contributed by atoms with E-state index in [1.165, 1.54) is 60.2 Å². The van der Waals surface area contributed by atoms with Crippen molar-refractivity contribution in [2.24, 2.45) is 5.92 Å². The fourth-order valence-electron chi connectivity index (χ4n) is 18.1. The summed E-state index contributed by atoms with van der Waals surface area (Å²) in [5.41, 5.74) is -0.792. The van der Waals surface area contributed by atoms with Crippen LogP contribution in [0.5, 0.6) is 11.5 Å². The van der Waals surface area contributed by atoms with Crippen LogP contribution in [0.2, 0.25) is 0 Å². The maximum absolute atomic E-state index is 16.8. The van der Waals surface area contributed by atoms with Crippen molar-refractivity contribution < 1.29 is 103 Å². The summed E-state index contributed by atoms with van der Waals surface area (Å²) >= 11 is 2.33. The molecule has 10 heterocycles. The zero-order chi connectivity index (χ0) is 89.1. The summed E-state index contributed by atoms with van der Waals surface area (Å²) in [4.78, 5) is 214. The van der Waals surface area contributed by atoms with Gasteiger partial charge in [0.15, 0.2) is 11.6 Å². The molecule has 4 unspecified atom stereocenters. The second-order valence-corrected chi connectivity index (χ2v) is 34.7. The van der Waals surface area contributed by atoms with Gasteiger partial charge in [0.1, 0.15) is 46.6 Å². The van der Waals surface area contributed by atoms with Gasteiger partial charge in [-0.25, -0.2) is 18.7 Å². The zero-order valence-corrected chi connectivity index (χ0v) is 70.0. The van der Waals surface area contributed by atoms with Gasteiger partial charge in [-0.3, -0.25) is 87.6 Å². The van der Waals surface area contributed by atoms with Crippen LogP contribution >= 0.6 is 23.5 Å². The summed E-state index contributed by atoms with van der Waals surface area (Å²) < 4.78 is 110. The van der Waals surface area contributed by atoms with E-state index in [1.54, 1.807) is 34.1 Å². The maximum Gasteiger partial charge on any atom is 0.342 e. The number of hydrogen-bond donors (Lipinski definition) is 6. The SMILES string of the molecule is COc1cc(C(=O)NC2CCN(C(=O)CSc3cccc4c3C(=O)N(C3CCC(=O)NC3=O)C4=O)CC2)c(F)cc1Nc1ncc2c(n1)N(C1CCC(CN3C(=O)C(F)(F)CN(C4CCCC4)c4nc(Nc5cc(F)c(C(=O)NC6CCN(C(=O)CCCSc7cccc8c7C(=O)N(C7CCC(=O)NC7=O)C8=O)CC6)cc5OC)ncc43)C1)CC(F)(F)C(=O)N2C. The number of fused-ring (bicyclic) bond motifs is 4. The van der Waals surface area contributed by atoms with Crippen molar-refractivity contribution >= 4 is 153 Å². The predicted molar refractivity (Wildman–Crippen MR) is 441 cm³/mol. The van der Waals surface area contributed by atoms with Crippen LogP contribution in [-0.4, -0.2) is 249 Å². The van der Waals surface area contributed by atoms with Crippen molar-refractivity contribution in [1.29, 1.82) is 0 Å². The first kappa shape index (κ1) is 87.0. The minimum absolute atomic E-state index is 0.00355. The van der Waals surface area contributed by atoms with E-state index in [1.807, 2.05) is 0 Å². The minimum Gasteiger partial charge on any atom is -0.495 e. The van der Waals surface area contributed by atoms with Gasteiger partial charge in [0.2, 0.25) is 47.3 Å². The monoisotopic (exact) mass is 1780 g/mol. The third kappa shape index (κ3) is 17.2. The largest absolute Gasteiger partial charge is 0.495 e. The van der Waals surface area contributed by atoms with Crippen molar-refractivity contribution in [3.8, 4) is 11.5 Å². The van der Waals surface area contributed by atoms with Crippen molar-refractivity contribution in [2.75, 3.05) is 109 Å². The molecule has 0 radical (unpaired) electrons. The number of ether oxygens (including phenoxy) is 2. The Bertz CT molecular complexity index is 5540. The second kappa shape index (κ2) is 35.5. The number of nitrogens with one attached hydrogen (secondary N) is 6. The maximum atomic E-state index is 16.8. The molecule has 0 bridgehead atoms. The Morgan fingerprint density at radius 1 is 0.556 bits per heavy atom. The molecule has 10 aliphatic rings. The summed E-state index contributed by atoms with van der Waals surface area (Å²) in [6.45, 7) is -1.70. The molecule has 2 saturated carbocycles. The smallest absolute Gasteiger partial charge is 0.342 e. The molecule has 2 aliphatic carbocycles. The van der Waals surface area contributed by atoms with E-state index in [-0.39, 0.29) is 200 Å². The van der Waals surface area contributed by atoms with Gasteiger partial charge in [0.25, 0.3) is 47.3 Å². The highest BCUT2D eigenvalue weighted by atomic mass is 32.2. The summed E-state index contributed by atoms with van der Waals surface area (Å²) in [5, 5.41) is 15.8. The van der Waals surface area contributed by atoms with E-state index in [0.717, 1.165) is 57.9 Å². The summed E-state index contributed by atoms with van der Waals surface area (Å²) in [7, 11) is 3.64. The molecule has 2 aromatic heterocycles. The first-order valence-corrected chi connectivity index (χ1v) is 43.4. The number of thioether (sulfide) groups is 2. The number of piperidine rings is 4. The van der Waals surface area contributed by atoms with Gasteiger partial charge in [0, 0.05) is 105 Å². The number of carbonyl (C=O) groups is 14. The fraction of sp³-hybridized carbons (Fsp3) is 0.452. The Morgan fingerprint density at radius 2 is 1.03 bits per heavy atom. The van der Waals surface area contributed by atoms with Gasteiger partial charge in [-0.05, 0) is 125 Å². The Morgan fingerprint density at radius 3 is 1.54 bits per heavy atom. The van der Waals surface area contributed by atoms with E-state index >= 15 is 26.3 Å².